The maximum absolute atomic E-state index is 12.6. The number of ether oxygens (including phenoxy) is 3. The lowest BCUT2D eigenvalue weighted by molar-refractivity contribution is 0.0937. The van der Waals surface area contributed by atoms with Gasteiger partial charge in [-0.15, -0.1) is 0 Å². The Bertz CT molecular complexity index is 1150. The molecule has 2 aromatic carbocycles. The number of methoxy groups -OCH3 is 3. The second kappa shape index (κ2) is 10.3. The fourth-order valence-corrected chi connectivity index (χ4v) is 3.53. The number of hydrogen-bond acceptors (Lipinski definition) is 7. The van der Waals surface area contributed by atoms with Crippen LogP contribution in [0, 0.1) is 6.92 Å². The van der Waals surface area contributed by atoms with E-state index in [-0.39, 0.29) is 28.4 Å². The lowest BCUT2D eigenvalue weighted by Gasteiger charge is -2.14. The van der Waals surface area contributed by atoms with Crippen molar-refractivity contribution in [1.29, 1.82) is 0 Å². The third-order valence-corrected chi connectivity index (χ3v) is 5.15. The van der Waals surface area contributed by atoms with Crippen LogP contribution in [-0.4, -0.2) is 38.4 Å². The predicted octanol–water partition coefficient (Wildman–Crippen LogP) is 4.45. The molecule has 0 atom stereocenters. The van der Waals surface area contributed by atoms with Gasteiger partial charge in [-0.25, -0.2) is 10.2 Å². The SMILES string of the molecule is COc1cc(C(=O)NNC(=O)Nc2c(-c3c(Cl)cccc3Cl)noc2C)cc(OC)c1OC. The van der Waals surface area contributed by atoms with Gasteiger partial charge in [-0.1, -0.05) is 34.4 Å². The van der Waals surface area contributed by atoms with E-state index < -0.39 is 11.9 Å². The first-order chi connectivity index (χ1) is 15.8. The number of aryl methyl sites for hydroxylation is 1. The van der Waals surface area contributed by atoms with Gasteiger partial charge in [0.05, 0.1) is 31.4 Å². The van der Waals surface area contributed by atoms with E-state index in [2.05, 4.69) is 21.3 Å². The highest BCUT2D eigenvalue weighted by atomic mass is 35.5. The van der Waals surface area contributed by atoms with Gasteiger partial charge in [-0.2, -0.15) is 0 Å². The number of hydrogen-bond donors (Lipinski definition) is 3. The Balaban J connectivity index is 1.75. The largest absolute Gasteiger partial charge is 0.493 e. The topological polar surface area (TPSA) is 124 Å². The maximum Gasteiger partial charge on any atom is 0.338 e. The molecule has 0 aliphatic rings. The first kappa shape index (κ1) is 24.0. The van der Waals surface area contributed by atoms with Crippen LogP contribution in [0.15, 0.2) is 34.9 Å². The summed E-state index contributed by atoms with van der Waals surface area (Å²) in [6.45, 7) is 1.60. The van der Waals surface area contributed by atoms with Crippen molar-refractivity contribution in [2.45, 2.75) is 6.92 Å². The van der Waals surface area contributed by atoms with Crippen LogP contribution in [0.1, 0.15) is 16.1 Å². The maximum atomic E-state index is 12.6. The molecule has 0 unspecified atom stereocenters. The van der Waals surface area contributed by atoms with E-state index in [0.29, 0.717) is 27.1 Å². The number of nitrogens with zero attached hydrogens (tertiary/aromatic N) is 1. The van der Waals surface area contributed by atoms with E-state index in [1.54, 1.807) is 25.1 Å². The molecule has 0 fully saturated rings. The molecule has 0 saturated heterocycles. The summed E-state index contributed by atoms with van der Waals surface area (Å²) in [7, 11) is 4.30. The number of anilines is 1. The van der Waals surface area contributed by atoms with Gasteiger partial charge in [0.15, 0.2) is 17.3 Å². The summed E-state index contributed by atoms with van der Waals surface area (Å²) in [5.41, 5.74) is 5.60. The molecular formula is C21H20Cl2N4O6. The second-order valence-electron chi connectivity index (χ2n) is 6.51. The van der Waals surface area contributed by atoms with Crippen molar-refractivity contribution in [2.24, 2.45) is 0 Å². The van der Waals surface area contributed by atoms with Crippen LogP contribution in [0.3, 0.4) is 0 Å². The zero-order chi connectivity index (χ0) is 24.1. The average Bonchev–Trinajstić information content (AvgIpc) is 3.15. The van der Waals surface area contributed by atoms with Crippen LogP contribution in [0.4, 0.5) is 10.5 Å². The number of aromatic nitrogens is 1. The summed E-state index contributed by atoms with van der Waals surface area (Å²) in [6.07, 6.45) is 0. The smallest absolute Gasteiger partial charge is 0.338 e. The fourth-order valence-electron chi connectivity index (χ4n) is 2.96. The fraction of sp³-hybridized carbons (Fsp3) is 0.190. The number of rotatable bonds is 6. The average molecular weight is 495 g/mol. The molecular weight excluding hydrogens is 475 g/mol. The number of benzene rings is 2. The molecule has 1 heterocycles. The van der Waals surface area contributed by atoms with Crippen molar-refractivity contribution >= 4 is 40.8 Å². The van der Waals surface area contributed by atoms with Crippen LogP contribution in [0.25, 0.3) is 11.3 Å². The second-order valence-corrected chi connectivity index (χ2v) is 7.32. The van der Waals surface area contributed by atoms with Gasteiger partial charge in [0.2, 0.25) is 5.75 Å². The number of nitrogens with one attached hydrogen (secondary N) is 3. The molecule has 0 bridgehead atoms. The summed E-state index contributed by atoms with van der Waals surface area (Å²) >= 11 is 12.5. The molecule has 174 valence electrons. The number of amides is 3. The lowest BCUT2D eigenvalue weighted by atomic mass is 10.1. The minimum atomic E-state index is -0.758. The van der Waals surface area contributed by atoms with Crippen molar-refractivity contribution in [3.8, 4) is 28.5 Å². The van der Waals surface area contributed by atoms with Gasteiger partial charge < -0.3 is 24.1 Å². The van der Waals surface area contributed by atoms with E-state index in [9.17, 15) is 9.59 Å². The van der Waals surface area contributed by atoms with Crippen molar-refractivity contribution in [1.82, 2.24) is 16.0 Å². The van der Waals surface area contributed by atoms with Gasteiger partial charge in [0.25, 0.3) is 5.91 Å². The molecule has 3 aromatic rings. The molecule has 0 aliphatic heterocycles. The number of carbonyl (C=O) groups excluding carboxylic acids is 2. The molecule has 0 radical (unpaired) electrons. The normalized spacial score (nSPS) is 10.4. The third-order valence-electron chi connectivity index (χ3n) is 4.52. The van der Waals surface area contributed by atoms with Crippen LogP contribution in [0.5, 0.6) is 17.2 Å². The molecule has 0 spiro atoms. The van der Waals surface area contributed by atoms with Gasteiger partial charge in [-0.05, 0) is 31.2 Å². The Hall–Kier alpha value is -3.63. The van der Waals surface area contributed by atoms with E-state index >= 15 is 0 Å². The van der Waals surface area contributed by atoms with Crippen LogP contribution >= 0.6 is 23.2 Å². The third kappa shape index (κ3) is 5.07. The first-order valence-corrected chi connectivity index (χ1v) is 10.1. The Morgan fingerprint density at radius 1 is 0.970 bits per heavy atom. The molecule has 12 heteroatoms. The van der Waals surface area contributed by atoms with E-state index in [4.69, 9.17) is 41.9 Å². The summed E-state index contributed by atoms with van der Waals surface area (Å²) in [4.78, 5) is 25.0. The molecule has 3 rings (SSSR count). The van der Waals surface area contributed by atoms with Crippen molar-refractivity contribution in [2.75, 3.05) is 26.6 Å². The Morgan fingerprint density at radius 2 is 1.58 bits per heavy atom. The summed E-state index contributed by atoms with van der Waals surface area (Å²) < 4.78 is 20.9. The Kier molecular flexibility index (Phi) is 7.52. The molecule has 10 nitrogen and oxygen atoms in total. The van der Waals surface area contributed by atoms with Crippen molar-refractivity contribution in [3.05, 3.63) is 51.7 Å². The minimum Gasteiger partial charge on any atom is -0.493 e. The molecule has 1 aromatic heterocycles. The summed E-state index contributed by atoms with van der Waals surface area (Å²) in [6, 6.07) is 7.07. The van der Waals surface area contributed by atoms with E-state index in [1.807, 2.05) is 0 Å². The first-order valence-electron chi connectivity index (χ1n) is 9.38. The monoisotopic (exact) mass is 494 g/mol. The van der Waals surface area contributed by atoms with Gasteiger partial charge in [0, 0.05) is 11.1 Å². The summed E-state index contributed by atoms with van der Waals surface area (Å²) in [5, 5.41) is 7.18. The van der Waals surface area contributed by atoms with Gasteiger partial charge >= 0.3 is 6.03 Å². The van der Waals surface area contributed by atoms with E-state index in [1.165, 1.54) is 33.5 Å². The molecule has 3 N–H and O–H groups in total. The standard InChI is InChI=1S/C21H20Cl2N4O6/c1-10-17(18(27-33-10)16-12(22)6-5-7-13(16)23)24-21(29)26-25-20(28)11-8-14(30-2)19(32-4)15(9-11)31-3/h5-9H,1-4H3,(H,25,28)(H2,24,26,29). The van der Waals surface area contributed by atoms with Crippen LogP contribution in [0.2, 0.25) is 10.0 Å². The zero-order valence-corrected chi connectivity index (χ0v) is 19.6. The minimum absolute atomic E-state index is 0.162. The Morgan fingerprint density at radius 3 is 2.12 bits per heavy atom. The molecule has 0 saturated carbocycles. The van der Waals surface area contributed by atoms with Gasteiger partial charge in [-0.3, -0.25) is 10.2 Å². The quantitative estimate of drug-likeness (QED) is 0.432. The van der Waals surface area contributed by atoms with Crippen molar-refractivity contribution < 1.29 is 28.3 Å². The lowest BCUT2D eigenvalue weighted by Crippen LogP contribution is -2.44. The predicted molar refractivity (Wildman–Crippen MR) is 122 cm³/mol. The Labute approximate surface area is 199 Å². The summed E-state index contributed by atoms with van der Waals surface area (Å²) in [5.74, 6) is 0.587. The number of hydrazine groups is 1. The number of urea groups is 1. The zero-order valence-electron chi connectivity index (χ0n) is 18.0. The molecule has 33 heavy (non-hydrogen) atoms. The van der Waals surface area contributed by atoms with Gasteiger partial charge in [0.1, 0.15) is 11.4 Å². The molecule has 0 aliphatic carbocycles. The number of halogens is 2. The highest BCUT2D eigenvalue weighted by Gasteiger charge is 2.22. The van der Waals surface area contributed by atoms with Crippen LogP contribution < -0.4 is 30.4 Å². The van der Waals surface area contributed by atoms with Crippen LogP contribution in [-0.2, 0) is 0 Å². The number of carbonyl (C=O) groups is 2. The van der Waals surface area contributed by atoms with E-state index in [0.717, 1.165) is 0 Å². The highest BCUT2D eigenvalue weighted by Crippen LogP contribution is 2.39. The highest BCUT2D eigenvalue weighted by molar-refractivity contribution is 6.39. The van der Waals surface area contributed by atoms with Crippen molar-refractivity contribution in [3.63, 3.8) is 0 Å². The molecule has 3 amide bonds.